The number of nitrogens with one attached hydrogen (secondary N) is 1. The summed E-state index contributed by atoms with van der Waals surface area (Å²) in [6, 6.07) is 5.19. The molecule has 3 aliphatic heterocycles. The summed E-state index contributed by atoms with van der Waals surface area (Å²) in [6.07, 6.45) is 0.964. The molecule has 28 heavy (non-hydrogen) atoms. The van der Waals surface area contributed by atoms with Crippen LogP contribution in [0.2, 0.25) is 0 Å². The Balaban J connectivity index is 1.76. The summed E-state index contributed by atoms with van der Waals surface area (Å²) in [4.78, 5) is 34.6. The maximum Gasteiger partial charge on any atom is 0.392 e. The lowest BCUT2D eigenvalue weighted by atomic mass is 10.1. The van der Waals surface area contributed by atoms with E-state index in [0.717, 1.165) is 43.1 Å². The molecule has 8 nitrogen and oxygen atoms in total. The number of amidine groups is 1. The number of carbonyl (C=O) groups is 2. The van der Waals surface area contributed by atoms with E-state index in [0.29, 0.717) is 18.3 Å². The van der Waals surface area contributed by atoms with E-state index in [-0.39, 0.29) is 17.8 Å². The molecule has 1 aromatic rings. The van der Waals surface area contributed by atoms with E-state index in [9.17, 15) is 14.0 Å². The highest BCUT2D eigenvalue weighted by molar-refractivity contribution is 6.25. The Morgan fingerprint density at radius 1 is 1.14 bits per heavy atom. The molecule has 1 unspecified atom stereocenters. The molecule has 3 aliphatic rings. The van der Waals surface area contributed by atoms with Gasteiger partial charge in [0, 0.05) is 20.6 Å². The Hall–Kier alpha value is -2.81. The van der Waals surface area contributed by atoms with Crippen molar-refractivity contribution >= 4 is 23.7 Å². The molecule has 3 heterocycles. The molecule has 1 N–H and O–H groups in total. The number of guanidine groups is 1. The van der Waals surface area contributed by atoms with Crippen molar-refractivity contribution in [3.05, 3.63) is 35.6 Å². The van der Waals surface area contributed by atoms with E-state index in [1.807, 2.05) is 4.90 Å². The summed E-state index contributed by atoms with van der Waals surface area (Å²) < 4.78 is 15.5. The number of fused-ring (bicyclic) bond motifs is 1. The predicted molar refractivity (Wildman–Crippen MR) is 102 cm³/mol. The quantitative estimate of drug-likeness (QED) is 0.741. The van der Waals surface area contributed by atoms with Gasteiger partial charge in [-0.2, -0.15) is 0 Å². The normalized spacial score (nSPS) is 25.8. The van der Waals surface area contributed by atoms with Crippen molar-refractivity contribution in [1.29, 1.82) is 0 Å². The van der Waals surface area contributed by atoms with Gasteiger partial charge in [0.15, 0.2) is 0 Å². The number of hydrogen-bond donors (Lipinski definition) is 1. The minimum absolute atomic E-state index is 0.299. The molecule has 0 saturated carbocycles. The second-order valence-corrected chi connectivity index (χ2v) is 7.26. The molecule has 0 aliphatic carbocycles. The number of amides is 3. The summed E-state index contributed by atoms with van der Waals surface area (Å²) in [6.45, 7) is 3.74. The van der Waals surface area contributed by atoms with Gasteiger partial charge in [-0.1, -0.05) is 17.1 Å². The molecule has 0 spiro atoms. The minimum Gasteiger partial charge on any atom is -0.313 e. The van der Waals surface area contributed by atoms with Crippen molar-refractivity contribution in [2.45, 2.75) is 19.0 Å². The van der Waals surface area contributed by atoms with Gasteiger partial charge in [-0.05, 0) is 30.7 Å². The third kappa shape index (κ3) is 3.15. The molecule has 4 rings (SSSR count). The first-order chi connectivity index (χ1) is 13.5. The topological polar surface area (TPSA) is 71.3 Å². The van der Waals surface area contributed by atoms with Crippen LogP contribution in [0, 0.1) is 5.82 Å². The standard InChI is InChI=1S/C19H24FN6O2/c1-23-16-15(17(27)24(2)19(23)28)26(12-13-4-6-14(20)7-5-13)18(22-16)25-10-3-8-21-9-11-25/h4-7,15,21H,3,8-12H2,1-2H3/q+1. The van der Waals surface area contributed by atoms with E-state index in [1.54, 1.807) is 19.2 Å². The lowest BCUT2D eigenvalue weighted by Gasteiger charge is -2.33. The van der Waals surface area contributed by atoms with Gasteiger partial charge in [0.1, 0.15) is 5.82 Å². The van der Waals surface area contributed by atoms with Gasteiger partial charge in [0.05, 0.1) is 19.6 Å². The number of imide groups is 1. The number of benzene rings is 1. The second-order valence-electron chi connectivity index (χ2n) is 7.26. The smallest absolute Gasteiger partial charge is 0.313 e. The predicted octanol–water partition coefficient (Wildman–Crippen LogP) is 0.294. The monoisotopic (exact) mass is 387 g/mol. The lowest BCUT2D eigenvalue weighted by Crippen LogP contribution is -2.62. The fourth-order valence-corrected chi connectivity index (χ4v) is 3.83. The van der Waals surface area contributed by atoms with Gasteiger partial charge >= 0.3 is 12.0 Å². The first kappa shape index (κ1) is 18.5. The van der Waals surface area contributed by atoms with Crippen LogP contribution in [-0.4, -0.2) is 89.3 Å². The molecule has 1 atom stereocenters. The van der Waals surface area contributed by atoms with Crippen LogP contribution < -0.4 is 5.32 Å². The highest BCUT2D eigenvalue weighted by atomic mass is 19.1. The van der Waals surface area contributed by atoms with Crippen molar-refractivity contribution in [1.82, 2.24) is 20.0 Å². The number of urea groups is 1. The van der Waals surface area contributed by atoms with E-state index in [1.165, 1.54) is 24.1 Å². The third-order valence-corrected chi connectivity index (χ3v) is 5.40. The number of nitrogens with zero attached hydrogens (tertiary/aromatic N) is 5. The van der Waals surface area contributed by atoms with Crippen molar-refractivity contribution < 1.29 is 18.6 Å². The SMILES string of the molecule is CN1C(=O)C2C(=NC(=[N+]3CCCNCC3)N2Cc2ccc(F)cc2)N(C)C1=O. The maximum absolute atomic E-state index is 13.3. The molecule has 2 fully saturated rings. The van der Waals surface area contributed by atoms with Crippen LogP contribution in [0.1, 0.15) is 12.0 Å². The Kier molecular flexibility index (Phi) is 4.84. The molecule has 0 radical (unpaired) electrons. The van der Waals surface area contributed by atoms with Crippen LogP contribution in [0.3, 0.4) is 0 Å². The zero-order valence-corrected chi connectivity index (χ0v) is 16.1. The average Bonchev–Trinajstić information content (AvgIpc) is 2.87. The summed E-state index contributed by atoms with van der Waals surface area (Å²) in [5, 5.41) is 3.36. The van der Waals surface area contributed by atoms with Gasteiger partial charge < -0.3 is 5.32 Å². The molecular formula is C19H24FN6O2+. The highest BCUT2D eigenvalue weighted by Crippen LogP contribution is 2.25. The van der Waals surface area contributed by atoms with Gasteiger partial charge in [0.2, 0.25) is 11.9 Å². The zero-order valence-electron chi connectivity index (χ0n) is 16.1. The van der Waals surface area contributed by atoms with E-state index in [2.05, 4.69) is 9.89 Å². The number of carbonyl (C=O) groups excluding carboxylic acids is 2. The van der Waals surface area contributed by atoms with E-state index >= 15 is 0 Å². The van der Waals surface area contributed by atoms with Crippen molar-refractivity contribution in [2.24, 2.45) is 4.99 Å². The molecule has 0 aromatic heterocycles. The number of hydrogen-bond acceptors (Lipinski definition) is 3. The Labute approximate surface area is 162 Å². The first-order valence-corrected chi connectivity index (χ1v) is 9.45. The summed E-state index contributed by atoms with van der Waals surface area (Å²) in [5.74, 6) is 0.536. The Morgan fingerprint density at radius 3 is 2.64 bits per heavy atom. The second kappa shape index (κ2) is 7.31. The average molecular weight is 387 g/mol. The molecule has 9 heteroatoms. The number of rotatable bonds is 2. The van der Waals surface area contributed by atoms with Gasteiger partial charge in [-0.25, -0.2) is 14.1 Å². The van der Waals surface area contributed by atoms with Crippen LogP contribution in [-0.2, 0) is 11.3 Å². The summed E-state index contributed by atoms with van der Waals surface area (Å²) >= 11 is 0. The Bertz CT molecular complexity index is 856. The summed E-state index contributed by atoms with van der Waals surface area (Å²) in [7, 11) is 3.13. The molecular weight excluding hydrogens is 363 g/mol. The molecule has 2 saturated heterocycles. The number of aliphatic imine (C=N–C) groups is 1. The molecule has 3 amide bonds. The van der Waals surface area contributed by atoms with Crippen molar-refractivity contribution in [2.75, 3.05) is 40.3 Å². The van der Waals surface area contributed by atoms with Crippen LogP contribution in [0.15, 0.2) is 29.3 Å². The number of halogens is 1. The Morgan fingerprint density at radius 2 is 1.89 bits per heavy atom. The fourth-order valence-electron chi connectivity index (χ4n) is 3.83. The summed E-state index contributed by atoms with van der Waals surface area (Å²) in [5.41, 5.74) is 0.873. The minimum atomic E-state index is -0.663. The van der Waals surface area contributed by atoms with E-state index in [4.69, 9.17) is 4.99 Å². The van der Waals surface area contributed by atoms with Gasteiger partial charge in [0.25, 0.3) is 5.91 Å². The largest absolute Gasteiger partial charge is 0.392 e. The molecule has 0 bridgehead atoms. The van der Waals surface area contributed by atoms with Crippen LogP contribution >= 0.6 is 0 Å². The van der Waals surface area contributed by atoms with Crippen molar-refractivity contribution in [3.8, 4) is 0 Å². The zero-order chi connectivity index (χ0) is 19.8. The highest BCUT2D eigenvalue weighted by Gasteiger charge is 2.55. The van der Waals surface area contributed by atoms with Crippen molar-refractivity contribution in [3.63, 3.8) is 0 Å². The fraction of sp³-hybridized carbons (Fsp3) is 0.474. The lowest BCUT2D eigenvalue weighted by molar-refractivity contribution is -0.529. The molecule has 1 aromatic carbocycles. The van der Waals surface area contributed by atoms with Gasteiger partial charge in [-0.15, -0.1) is 0 Å². The number of likely N-dealkylation sites (N-methyl/N-ethyl adjacent to an activating group) is 2. The van der Waals surface area contributed by atoms with Crippen LogP contribution in [0.25, 0.3) is 0 Å². The van der Waals surface area contributed by atoms with E-state index < -0.39 is 6.04 Å². The van der Waals surface area contributed by atoms with Gasteiger partial charge in [-0.3, -0.25) is 19.2 Å². The van der Waals surface area contributed by atoms with Crippen LogP contribution in [0.5, 0.6) is 0 Å². The maximum atomic E-state index is 13.3. The third-order valence-electron chi connectivity index (χ3n) is 5.40. The first-order valence-electron chi connectivity index (χ1n) is 9.45. The van der Waals surface area contributed by atoms with Crippen LogP contribution in [0.4, 0.5) is 9.18 Å². The molecule has 148 valence electrons.